The zero-order valence-electron chi connectivity index (χ0n) is 24.3. The highest BCUT2D eigenvalue weighted by atomic mass is 16.5. The van der Waals surface area contributed by atoms with Crippen molar-refractivity contribution in [3.63, 3.8) is 0 Å². The molecule has 9 nitrogen and oxygen atoms in total. The molecule has 0 amide bonds. The first-order chi connectivity index (χ1) is 19.9. The van der Waals surface area contributed by atoms with Gasteiger partial charge in [0.15, 0.2) is 23.0 Å². The van der Waals surface area contributed by atoms with Gasteiger partial charge in [-0.15, -0.1) is 0 Å². The van der Waals surface area contributed by atoms with Crippen molar-refractivity contribution in [2.75, 3.05) is 40.3 Å². The predicted molar refractivity (Wildman–Crippen MR) is 162 cm³/mol. The Morgan fingerprint density at radius 2 is 1.56 bits per heavy atom. The van der Waals surface area contributed by atoms with Gasteiger partial charge in [-0.2, -0.15) is 0 Å². The van der Waals surface area contributed by atoms with Gasteiger partial charge >= 0.3 is 0 Å². The number of aromatic amines is 1. The second-order valence-corrected chi connectivity index (χ2v) is 9.45. The summed E-state index contributed by atoms with van der Waals surface area (Å²) in [6.07, 6.45) is 2.51. The van der Waals surface area contributed by atoms with E-state index < -0.39 is 0 Å². The number of aromatic nitrogens is 2. The molecule has 0 saturated heterocycles. The lowest BCUT2D eigenvalue weighted by Gasteiger charge is -2.19. The maximum Gasteiger partial charge on any atom is 0.170 e. The fourth-order valence-electron chi connectivity index (χ4n) is 4.65. The summed E-state index contributed by atoms with van der Waals surface area (Å²) in [5.41, 5.74) is 6.40. The first-order valence-electron chi connectivity index (χ1n) is 13.2. The number of benzene rings is 3. The minimum absolute atomic E-state index is 0.00289. The first-order valence-corrected chi connectivity index (χ1v) is 13.2. The van der Waals surface area contributed by atoms with Crippen molar-refractivity contribution in [2.24, 2.45) is 4.99 Å². The van der Waals surface area contributed by atoms with E-state index in [-0.39, 0.29) is 12.2 Å². The van der Waals surface area contributed by atoms with Crippen LogP contribution < -0.4 is 24.3 Å². The van der Waals surface area contributed by atoms with Gasteiger partial charge in [0.25, 0.3) is 0 Å². The second kappa shape index (κ2) is 13.5. The van der Waals surface area contributed by atoms with Crippen molar-refractivity contribution in [1.82, 2.24) is 9.97 Å². The maximum atomic E-state index is 12.2. The summed E-state index contributed by atoms with van der Waals surface area (Å²) in [5, 5.41) is 3.41. The Balaban J connectivity index is 1.66. The number of nitrogens with zero attached hydrogens (tertiary/aromatic N) is 2. The van der Waals surface area contributed by atoms with E-state index in [1.165, 1.54) is 0 Å². The van der Waals surface area contributed by atoms with Crippen LogP contribution >= 0.6 is 0 Å². The van der Waals surface area contributed by atoms with E-state index in [1.807, 2.05) is 61.5 Å². The molecule has 0 fully saturated rings. The van der Waals surface area contributed by atoms with Gasteiger partial charge in [0, 0.05) is 17.8 Å². The van der Waals surface area contributed by atoms with E-state index in [9.17, 15) is 4.79 Å². The molecule has 0 saturated carbocycles. The van der Waals surface area contributed by atoms with Crippen molar-refractivity contribution >= 4 is 17.3 Å². The van der Waals surface area contributed by atoms with Crippen molar-refractivity contribution < 1.29 is 23.7 Å². The number of hydrogen-bond acceptors (Lipinski definition) is 7. The normalized spacial score (nSPS) is 11.2. The Morgan fingerprint density at radius 3 is 2.17 bits per heavy atom. The topological polar surface area (TPSA) is 107 Å². The quantitative estimate of drug-likeness (QED) is 0.160. The fraction of sp³-hybridized carbons (Fsp3) is 0.281. The molecule has 1 heterocycles. The van der Waals surface area contributed by atoms with Crippen molar-refractivity contribution in [2.45, 2.75) is 26.7 Å². The second-order valence-electron chi connectivity index (χ2n) is 9.45. The van der Waals surface area contributed by atoms with Gasteiger partial charge in [0.1, 0.15) is 11.6 Å². The lowest BCUT2D eigenvalue weighted by molar-refractivity contribution is -0.115. The number of Topliss-reactive ketones (excluding diaryl/α,β-unsaturated/α-hetero) is 1. The van der Waals surface area contributed by atoms with E-state index >= 15 is 0 Å². The summed E-state index contributed by atoms with van der Waals surface area (Å²) in [6, 6.07) is 17.6. The monoisotopic (exact) mass is 556 g/mol. The molecule has 41 heavy (non-hydrogen) atoms. The van der Waals surface area contributed by atoms with Crippen molar-refractivity contribution in [1.29, 1.82) is 0 Å². The lowest BCUT2D eigenvalue weighted by Crippen LogP contribution is -2.17. The number of amidine groups is 1. The summed E-state index contributed by atoms with van der Waals surface area (Å²) in [6.45, 7) is 4.02. The van der Waals surface area contributed by atoms with Crippen LogP contribution in [-0.4, -0.2) is 56.6 Å². The van der Waals surface area contributed by atoms with E-state index in [4.69, 9.17) is 23.9 Å². The third-order valence-corrected chi connectivity index (χ3v) is 6.67. The van der Waals surface area contributed by atoms with Crippen molar-refractivity contribution in [3.05, 3.63) is 72.2 Å². The number of anilines is 1. The van der Waals surface area contributed by atoms with Crippen LogP contribution in [0.25, 0.3) is 22.4 Å². The van der Waals surface area contributed by atoms with Crippen LogP contribution in [0.1, 0.15) is 24.6 Å². The SMILES string of the molecule is COc1ccc(CCN=C(CC(C)=O)Nc2ccc(OC)c(OC)c2-c2ccc(-c3nc[nH]c3C)cc2)cc1OC. The van der Waals surface area contributed by atoms with Crippen LogP contribution in [0.5, 0.6) is 23.0 Å². The average molecular weight is 557 g/mol. The Morgan fingerprint density at radius 1 is 0.878 bits per heavy atom. The number of carbonyl (C=O) groups excluding carboxylic acids is 1. The number of carbonyl (C=O) groups is 1. The molecule has 0 unspecified atom stereocenters. The highest BCUT2D eigenvalue weighted by molar-refractivity contribution is 6.08. The Bertz CT molecular complexity index is 1530. The largest absolute Gasteiger partial charge is 0.493 e. The number of methoxy groups -OCH3 is 4. The molecule has 4 rings (SSSR count). The van der Waals surface area contributed by atoms with Crippen LogP contribution in [-0.2, 0) is 11.2 Å². The lowest BCUT2D eigenvalue weighted by atomic mass is 9.99. The summed E-state index contributed by atoms with van der Waals surface area (Å²) in [7, 11) is 6.44. The highest BCUT2D eigenvalue weighted by Gasteiger charge is 2.19. The maximum absolute atomic E-state index is 12.2. The molecule has 3 aromatic carbocycles. The minimum atomic E-state index is 0.00289. The summed E-state index contributed by atoms with van der Waals surface area (Å²) >= 11 is 0. The molecule has 1 aromatic heterocycles. The van der Waals surface area contributed by atoms with Gasteiger partial charge in [0.2, 0.25) is 0 Å². The molecule has 2 N–H and O–H groups in total. The molecule has 9 heteroatoms. The van der Waals surface area contributed by atoms with Crippen molar-refractivity contribution in [3.8, 4) is 45.4 Å². The standard InChI is InChI=1S/C32H36N4O5/c1-20(37)17-29(33-16-15-22-7-13-26(38-3)28(18-22)40-5)36-25-12-14-27(39-4)32(41-6)30(25)23-8-10-24(11-9-23)31-21(2)34-19-35-31/h7-14,18-19H,15-17H2,1-6H3,(H,33,36)(H,34,35). The Labute approximate surface area is 240 Å². The van der Waals surface area contributed by atoms with Gasteiger partial charge < -0.3 is 29.2 Å². The number of ether oxygens (including phenoxy) is 4. The first kappa shape index (κ1) is 29.2. The molecular formula is C32H36N4O5. The van der Waals surface area contributed by atoms with E-state index in [0.717, 1.165) is 39.3 Å². The molecular weight excluding hydrogens is 520 g/mol. The number of ketones is 1. The molecule has 214 valence electrons. The molecule has 0 spiro atoms. The van der Waals surface area contributed by atoms with Crippen LogP contribution in [0.2, 0.25) is 0 Å². The summed E-state index contributed by atoms with van der Waals surface area (Å²) < 4.78 is 22.2. The fourth-order valence-corrected chi connectivity index (χ4v) is 4.65. The third kappa shape index (κ3) is 6.87. The predicted octanol–water partition coefficient (Wildman–Crippen LogP) is 6.12. The Kier molecular flexibility index (Phi) is 9.63. The molecule has 0 radical (unpaired) electrons. The Hall–Kier alpha value is -4.79. The van der Waals surface area contributed by atoms with E-state index in [2.05, 4.69) is 15.3 Å². The molecule has 0 aliphatic rings. The molecule has 4 aromatic rings. The van der Waals surface area contributed by atoms with Gasteiger partial charge in [-0.25, -0.2) is 4.98 Å². The smallest absolute Gasteiger partial charge is 0.170 e. The number of imidazole rings is 1. The minimum Gasteiger partial charge on any atom is -0.493 e. The number of aryl methyl sites for hydroxylation is 1. The zero-order valence-corrected chi connectivity index (χ0v) is 24.3. The number of nitrogens with one attached hydrogen (secondary N) is 2. The number of H-pyrrole nitrogens is 1. The van der Waals surface area contributed by atoms with E-state index in [1.54, 1.807) is 41.7 Å². The highest BCUT2D eigenvalue weighted by Crippen LogP contribution is 2.44. The van der Waals surface area contributed by atoms with Gasteiger partial charge in [-0.1, -0.05) is 30.3 Å². The zero-order chi connectivity index (χ0) is 29.4. The summed E-state index contributed by atoms with van der Waals surface area (Å²) in [5.74, 6) is 3.08. The molecule has 0 atom stereocenters. The average Bonchev–Trinajstić information content (AvgIpc) is 3.42. The van der Waals surface area contributed by atoms with E-state index in [0.29, 0.717) is 41.8 Å². The third-order valence-electron chi connectivity index (χ3n) is 6.67. The van der Waals surface area contributed by atoms with Gasteiger partial charge in [-0.3, -0.25) is 9.79 Å². The van der Waals surface area contributed by atoms with Crippen LogP contribution in [0.3, 0.4) is 0 Å². The number of hydrogen-bond donors (Lipinski definition) is 2. The van der Waals surface area contributed by atoms with Crippen LogP contribution in [0.4, 0.5) is 5.69 Å². The number of aliphatic imine (C=N–C) groups is 1. The molecule has 0 bridgehead atoms. The summed E-state index contributed by atoms with van der Waals surface area (Å²) in [4.78, 5) is 24.5. The van der Waals surface area contributed by atoms with Gasteiger partial charge in [0.05, 0.1) is 58.1 Å². The molecule has 0 aliphatic heterocycles. The van der Waals surface area contributed by atoms with Crippen LogP contribution in [0.15, 0.2) is 65.9 Å². The van der Waals surface area contributed by atoms with Gasteiger partial charge in [-0.05, 0) is 55.7 Å². The molecule has 0 aliphatic carbocycles. The number of rotatable bonds is 12. The van der Waals surface area contributed by atoms with Crippen LogP contribution in [0, 0.1) is 6.92 Å².